The fourth-order valence-electron chi connectivity index (χ4n) is 1.08. The fourth-order valence-corrected chi connectivity index (χ4v) is 1.08. The molecular formula is C11H26N4. The first-order valence-electron chi connectivity index (χ1n) is 5.56. The van der Waals surface area contributed by atoms with E-state index in [9.17, 15) is 0 Å². The summed E-state index contributed by atoms with van der Waals surface area (Å²) in [5.74, 6) is 0. The van der Waals surface area contributed by atoms with Crippen LogP contribution in [0.5, 0.6) is 0 Å². The molecule has 0 spiro atoms. The zero-order valence-corrected chi connectivity index (χ0v) is 10.3. The molecule has 0 amide bonds. The molecule has 0 aliphatic heterocycles. The Morgan fingerprint density at radius 2 is 1.93 bits per heavy atom. The molecule has 0 aliphatic rings. The average molecular weight is 214 g/mol. The molecule has 6 N–H and O–H groups in total. The quantitative estimate of drug-likeness (QED) is 0.434. The standard InChI is InChI=1S/C11H26N4/c1-10(8-13)9-15-11(2,3)4-6-14-7-5-12/h9,14-15H,4-8,12-13H2,1-3H3/b10-9+. The van der Waals surface area contributed by atoms with E-state index in [1.807, 2.05) is 13.1 Å². The molecule has 0 atom stereocenters. The molecule has 15 heavy (non-hydrogen) atoms. The van der Waals surface area contributed by atoms with Crippen LogP contribution in [0.2, 0.25) is 0 Å². The summed E-state index contributed by atoms with van der Waals surface area (Å²) >= 11 is 0. The Hall–Kier alpha value is -0.580. The van der Waals surface area contributed by atoms with Crippen molar-refractivity contribution in [3.8, 4) is 0 Å². The lowest BCUT2D eigenvalue weighted by Gasteiger charge is -2.26. The Labute approximate surface area is 93.5 Å². The van der Waals surface area contributed by atoms with E-state index >= 15 is 0 Å². The Morgan fingerprint density at radius 3 is 2.47 bits per heavy atom. The Bertz CT molecular complexity index is 187. The van der Waals surface area contributed by atoms with Gasteiger partial charge in [-0.25, -0.2) is 0 Å². The highest BCUT2D eigenvalue weighted by atomic mass is 15.0. The summed E-state index contributed by atoms with van der Waals surface area (Å²) in [6, 6.07) is 0. The van der Waals surface area contributed by atoms with E-state index in [2.05, 4.69) is 24.5 Å². The number of nitrogens with two attached hydrogens (primary N) is 2. The first-order chi connectivity index (χ1) is 7.02. The maximum Gasteiger partial charge on any atom is 0.0324 e. The van der Waals surface area contributed by atoms with Crippen molar-refractivity contribution < 1.29 is 0 Å². The summed E-state index contributed by atoms with van der Waals surface area (Å²) in [7, 11) is 0. The van der Waals surface area contributed by atoms with Crippen LogP contribution >= 0.6 is 0 Å². The van der Waals surface area contributed by atoms with Crippen molar-refractivity contribution in [2.45, 2.75) is 32.7 Å². The van der Waals surface area contributed by atoms with Gasteiger partial charge < -0.3 is 22.1 Å². The van der Waals surface area contributed by atoms with Crippen LogP contribution in [0.4, 0.5) is 0 Å². The molecular weight excluding hydrogens is 188 g/mol. The van der Waals surface area contributed by atoms with Crippen molar-refractivity contribution in [2.24, 2.45) is 11.5 Å². The molecule has 0 rings (SSSR count). The summed E-state index contributed by atoms with van der Waals surface area (Å²) < 4.78 is 0. The van der Waals surface area contributed by atoms with E-state index in [-0.39, 0.29) is 5.54 Å². The maximum atomic E-state index is 5.51. The van der Waals surface area contributed by atoms with Crippen LogP contribution in [0.25, 0.3) is 0 Å². The normalized spacial score (nSPS) is 13.0. The van der Waals surface area contributed by atoms with E-state index in [0.717, 1.165) is 25.1 Å². The molecule has 90 valence electrons. The number of rotatable bonds is 8. The van der Waals surface area contributed by atoms with Gasteiger partial charge in [0, 0.05) is 25.2 Å². The number of hydrogen-bond acceptors (Lipinski definition) is 4. The van der Waals surface area contributed by atoms with Crippen molar-refractivity contribution in [2.75, 3.05) is 26.2 Å². The summed E-state index contributed by atoms with van der Waals surface area (Å²) in [6.07, 6.45) is 3.06. The van der Waals surface area contributed by atoms with Crippen LogP contribution in [0.3, 0.4) is 0 Å². The van der Waals surface area contributed by atoms with Crippen LogP contribution in [0.1, 0.15) is 27.2 Å². The van der Waals surface area contributed by atoms with Crippen LogP contribution in [0, 0.1) is 0 Å². The van der Waals surface area contributed by atoms with Crippen LogP contribution in [-0.2, 0) is 0 Å². The van der Waals surface area contributed by atoms with Crippen LogP contribution in [-0.4, -0.2) is 31.7 Å². The molecule has 0 unspecified atom stereocenters. The van der Waals surface area contributed by atoms with E-state index < -0.39 is 0 Å². The second-order valence-electron chi connectivity index (χ2n) is 4.51. The van der Waals surface area contributed by atoms with Gasteiger partial charge >= 0.3 is 0 Å². The molecule has 0 aliphatic carbocycles. The Kier molecular flexibility index (Phi) is 7.38. The molecule has 0 heterocycles. The fraction of sp³-hybridized carbons (Fsp3) is 0.818. The first kappa shape index (κ1) is 14.4. The van der Waals surface area contributed by atoms with Gasteiger partial charge in [0.1, 0.15) is 0 Å². The van der Waals surface area contributed by atoms with Gasteiger partial charge in [0.2, 0.25) is 0 Å². The monoisotopic (exact) mass is 214 g/mol. The van der Waals surface area contributed by atoms with E-state index in [4.69, 9.17) is 11.5 Å². The smallest absolute Gasteiger partial charge is 0.0324 e. The highest BCUT2D eigenvalue weighted by Crippen LogP contribution is 2.07. The van der Waals surface area contributed by atoms with Gasteiger partial charge in [-0.3, -0.25) is 0 Å². The van der Waals surface area contributed by atoms with Crippen molar-refractivity contribution in [1.29, 1.82) is 0 Å². The van der Waals surface area contributed by atoms with Gasteiger partial charge in [0.25, 0.3) is 0 Å². The maximum absolute atomic E-state index is 5.51. The van der Waals surface area contributed by atoms with Crippen molar-refractivity contribution in [3.63, 3.8) is 0 Å². The molecule has 4 nitrogen and oxygen atoms in total. The molecule has 0 aromatic heterocycles. The molecule has 0 radical (unpaired) electrons. The second kappa shape index (κ2) is 7.68. The lowest BCUT2D eigenvalue weighted by Crippen LogP contribution is -2.39. The van der Waals surface area contributed by atoms with Gasteiger partial charge in [-0.15, -0.1) is 0 Å². The van der Waals surface area contributed by atoms with Crippen molar-refractivity contribution in [1.82, 2.24) is 10.6 Å². The minimum absolute atomic E-state index is 0.0953. The minimum Gasteiger partial charge on any atom is -0.386 e. The first-order valence-corrected chi connectivity index (χ1v) is 5.56. The SMILES string of the molecule is C/C(=C\NC(C)(C)CCNCCN)CN. The van der Waals surface area contributed by atoms with Crippen molar-refractivity contribution in [3.05, 3.63) is 11.8 Å². The molecule has 0 aromatic rings. The molecule has 0 aromatic carbocycles. The van der Waals surface area contributed by atoms with Gasteiger partial charge in [-0.05, 0) is 45.5 Å². The Balaban J connectivity index is 3.76. The van der Waals surface area contributed by atoms with E-state index in [0.29, 0.717) is 13.1 Å². The zero-order chi connectivity index (χ0) is 11.7. The van der Waals surface area contributed by atoms with Gasteiger partial charge in [0.15, 0.2) is 0 Å². The van der Waals surface area contributed by atoms with Gasteiger partial charge in [-0.1, -0.05) is 0 Å². The van der Waals surface area contributed by atoms with Gasteiger partial charge in [-0.2, -0.15) is 0 Å². The average Bonchev–Trinajstić information content (AvgIpc) is 2.21. The molecule has 0 saturated carbocycles. The van der Waals surface area contributed by atoms with E-state index in [1.165, 1.54) is 0 Å². The summed E-state index contributed by atoms with van der Waals surface area (Å²) in [4.78, 5) is 0. The molecule has 0 bridgehead atoms. The second-order valence-corrected chi connectivity index (χ2v) is 4.51. The Morgan fingerprint density at radius 1 is 1.27 bits per heavy atom. The van der Waals surface area contributed by atoms with Crippen LogP contribution < -0.4 is 22.1 Å². The lowest BCUT2D eigenvalue weighted by atomic mass is 10.0. The number of nitrogens with one attached hydrogen (secondary N) is 2. The summed E-state index contributed by atoms with van der Waals surface area (Å²) in [5.41, 5.74) is 12.2. The summed E-state index contributed by atoms with van der Waals surface area (Å²) in [6.45, 7) is 9.54. The molecule has 4 heteroatoms. The highest BCUT2D eigenvalue weighted by Gasteiger charge is 2.14. The van der Waals surface area contributed by atoms with Gasteiger partial charge in [0.05, 0.1) is 0 Å². The minimum atomic E-state index is 0.0953. The predicted molar refractivity (Wildman–Crippen MR) is 66.6 cm³/mol. The topological polar surface area (TPSA) is 76.1 Å². The third-order valence-electron chi connectivity index (χ3n) is 2.28. The third-order valence-corrected chi connectivity index (χ3v) is 2.28. The van der Waals surface area contributed by atoms with Crippen LogP contribution in [0.15, 0.2) is 11.8 Å². The number of hydrogen-bond donors (Lipinski definition) is 4. The largest absolute Gasteiger partial charge is 0.386 e. The highest BCUT2D eigenvalue weighted by molar-refractivity contribution is 5.00. The molecule has 0 fully saturated rings. The molecule has 0 saturated heterocycles. The van der Waals surface area contributed by atoms with E-state index in [1.54, 1.807) is 0 Å². The van der Waals surface area contributed by atoms with Crippen molar-refractivity contribution >= 4 is 0 Å². The third kappa shape index (κ3) is 8.42. The summed E-state index contributed by atoms with van der Waals surface area (Å²) in [5, 5.41) is 6.66. The lowest BCUT2D eigenvalue weighted by molar-refractivity contribution is 0.398. The predicted octanol–water partition coefficient (Wildman–Crippen LogP) is 0.156. The zero-order valence-electron chi connectivity index (χ0n) is 10.3.